The highest BCUT2D eigenvalue weighted by Gasteiger charge is 2.57. The summed E-state index contributed by atoms with van der Waals surface area (Å²) in [5.74, 6) is -3.14. The Kier molecular flexibility index (Phi) is 7.00. The van der Waals surface area contributed by atoms with Gasteiger partial charge in [0.2, 0.25) is 5.91 Å². The molecule has 0 saturated carbocycles. The van der Waals surface area contributed by atoms with E-state index in [1.165, 1.54) is 6.92 Å². The summed E-state index contributed by atoms with van der Waals surface area (Å²) in [7, 11) is 1.16. The number of aliphatic carboxylic acids is 1. The van der Waals surface area contributed by atoms with Gasteiger partial charge in [0.05, 0.1) is 30.0 Å². The van der Waals surface area contributed by atoms with Crippen molar-refractivity contribution in [3.05, 3.63) is 9.93 Å². The number of amides is 2. The molecule has 2 heterocycles. The fourth-order valence-corrected chi connectivity index (χ4v) is 5.59. The lowest BCUT2D eigenvalue weighted by molar-refractivity contribution is -0.156. The van der Waals surface area contributed by atoms with Crippen molar-refractivity contribution in [2.24, 2.45) is 5.92 Å². The van der Waals surface area contributed by atoms with Crippen LogP contribution in [0.4, 0.5) is 4.79 Å². The Hall–Kier alpha value is -1.92. The Morgan fingerprint density at radius 3 is 2.59 bits per heavy atom. The van der Waals surface area contributed by atoms with Gasteiger partial charge in [0.15, 0.2) is 5.70 Å². The van der Waals surface area contributed by atoms with Crippen LogP contribution in [0.5, 0.6) is 0 Å². The molecule has 2 aliphatic heterocycles. The molecule has 12 heteroatoms. The van der Waals surface area contributed by atoms with Crippen molar-refractivity contribution >= 4 is 47.5 Å². The van der Waals surface area contributed by atoms with Crippen molar-refractivity contribution in [1.82, 2.24) is 10.2 Å². The minimum Gasteiger partial charge on any atom is -0.477 e. The molecule has 0 aromatic heterocycles. The van der Waals surface area contributed by atoms with Gasteiger partial charge in [0, 0.05) is 5.75 Å². The molecule has 10 nitrogen and oxygen atoms in total. The van der Waals surface area contributed by atoms with Crippen LogP contribution in [-0.2, 0) is 23.9 Å². The second kappa shape index (κ2) is 8.85. The normalized spacial score (nSPS) is 23.3. The van der Waals surface area contributed by atoms with E-state index < -0.39 is 47.4 Å². The second-order valence-electron chi connectivity index (χ2n) is 5.68. The smallest absolute Gasteiger partial charge is 0.407 e. The summed E-state index contributed by atoms with van der Waals surface area (Å²) in [6.45, 7) is 3.21. The molecule has 27 heavy (non-hydrogen) atoms. The fourth-order valence-electron chi connectivity index (χ4n) is 2.64. The third-order valence-electron chi connectivity index (χ3n) is 3.90. The molecule has 0 bridgehead atoms. The molecular weight excluding hydrogens is 400 g/mol. The lowest BCUT2D eigenvalue weighted by Crippen LogP contribution is -2.60. The maximum Gasteiger partial charge on any atom is 0.407 e. The third-order valence-corrected chi connectivity index (χ3v) is 6.65. The number of nitrogens with zero attached hydrogens (tertiary/aromatic N) is 1. The first-order valence-corrected chi connectivity index (χ1v) is 9.88. The van der Waals surface area contributed by atoms with Crippen molar-refractivity contribution < 1.29 is 38.9 Å². The molecule has 1 unspecified atom stereocenters. The van der Waals surface area contributed by atoms with Gasteiger partial charge in [-0.1, -0.05) is 11.8 Å². The number of carbonyl (C=O) groups excluding carboxylic acids is 3. The lowest BCUT2D eigenvalue weighted by atomic mass is 9.92. The molecule has 150 valence electrons. The summed E-state index contributed by atoms with van der Waals surface area (Å²) in [4.78, 5) is 48.3. The number of aliphatic hydroxyl groups is 1. The number of alkyl carbamates (subject to hydrolysis) is 1. The van der Waals surface area contributed by atoms with Gasteiger partial charge in [-0.15, -0.1) is 11.8 Å². The Bertz CT molecular complexity index is 681. The summed E-state index contributed by atoms with van der Waals surface area (Å²) in [5, 5.41) is 21.0. The number of ether oxygens (including phenoxy) is 2. The number of hydrogen-bond acceptors (Lipinski definition) is 9. The molecular formula is C15H20N2O8S2. The maximum atomic E-state index is 12.2. The molecule has 1 fully saturated rings. The predicted octanol–water partition coefficient (Wildman–Crippen LogP) is 0.173. The van der Waals surface area contributed by atoms with Crippen LogP contribution >= 0.6 is 23.5 Å². The lowest BCUT2D eigenvalue weighted by Gasteiger charge is -2.43. The van der Waals surface area contributed by atoms with E-state index >= 15 is 0 Å². The molecule has 0 aromatic rings. The molecule has 0 spiro atoms. The molecule has 2 aliphatic rings. The van der Waals surface area contributed by atoms with Crippen LogP contribution in [0.2, 0.25) is 0 Å². The van der Waals surface area contributed by atoms with E-state index in [-0.39, 0.29) is 18.1 Å². The number of nitrogens with one attached hydrogen (secondary N) is 1. The predicted molar refractivity (Wildman–Crippen MR) is 96.5 cm³/mol. The Morgan fingerprint density at radius 1 is 1.41 bits per heavy atom. The first-order chi connectivity index (χ1) is 12.7. The highest BCUT2D eigenvalue weighted by atomic mass is 32.2. The first kappa shape index (κ1) is 21.4. The van der Waals surface area contributed by atoms with Crippen molar-refractivity contribution in [3.63, 3.8) is 0 Å². The number of β-lactam (4-membered cyclic amide) rings is 1. The molecule has 0 aliphatic carbocycles. The van der Waals surface area contributed by atoms with Crippen molar-refractivity contribution in [2.45, 2.75) is 31.4 Å². The molecule has 0 radical (unpaired) electrons. The van der Waals surface area contributed by atoms with Gasteiger partial charge in [-0.3, -0.25) is 9.69 Å². The molecule has 2 rings (SSSR count). The van der Waals surface area contributed by atoms with Crippen molar-refractivity contribution in [1.29, 1.82) is 0 Å². The van der Waals surface area contributed by atoms with Gasteiger partial charge in [-0.05, 0) is 13.8 Å². The first-order valence-electron chi connectivity index (χ1n) is 8.02. The van der Waals surface area contributed by atoms with Gasteiger partial charge in [-0.25, -0.2) is 14.4 Å². The quantitative estimate of drug-likeness (QED) is 0.367. The number of fused-ring (bicyclic) bond motifs is 1. The standard InChI is InChI=1S/C15H20N2O8S2/c1-4-25-15(23)16-7(13(22)24-3)5-26-14-9(12(20)21)17-10(19)8(6(2)18)11(17)27-14/h6-8,11,18H,4-5H2,1-3H3,(H,16,23)(H,20,21)/t6?,7-,8+,11+/m1/s1. The van der Waals surface area contributed by atoms with Gasteiger partial charge in [0.25, 0.3) is 0 Å². The average Bonchev–Trinajstić information content (AvgIpc) is 2.92. The van der Waals surface area contributed by atoms with E-state index in [2.05, 4.69) is 10.1 Å². The average molecular weight is 420 g/mol. The van der Waals surface area contributed by atoms with Crippen LogP contribution in [0.15, 0.2) is 9.93 Å². The topological polar surface area (TPSA) is 142 Å². The minimum absolute atomic E-state index is 0.0152. The van der Waals surface area contributed by atoms with E-state index in [4.69, 9.17) is 4.74 Å². The zero-order valence-corrected chi connectivity index (χ0v) is 16.5. The molecule has 1 saturated heterocycles. The molecule has 4 atom stereocenters. The summed E-state index contributed by atoms with van der Waals surface area (Å²) in [6.07, 6.45) is -1.70. The number of methoxy groups -OCH3 is 1. The van der Waals surface area contributed by atoms with E-state index in [0.717, 1.165) is 35.5 Å². The largest absolute Gasteiger partial charge is 0.477 e. The van der Waals surface area contributed by atoms with E-state index in [0.29, 0.717) is 4.24 Å². The number of hydrogen-bond donors (Lipinski definition) is 3. The molecule has 2 amide bonds. The number of esters is 1. The second-order valence-corrected chi connectivity index (χ2v) is 8.09. The fraction of sp³-hybridized carbons (Fsp3) is 0.600. The Balaban J connectivity index is 2.12. The van der Waals surface area contributed by atoms with Crippen LogP contribution in [0.1, 0.15) is 13.8 Å². The van der Waals surface area contributed by atoms with E-state index in [1.807, 2.05) is 0 Å². The van der Waals surface area contributed by atoms with E-state index in [9.17, 15) is 29.4 Å². The number of thioether (sulfide) groups is 2. The zero-order valence-electron chi connectivity index (χ0n) is 14.8. The summed E-state index contributed by atoms with van der Waals surface area (Å²) in [6, 6.07) is -1.06. The van der Waals surface area contributed by atoms with Crippen LogP contribution in [-0.4, -0.2) is 76.0 Å². The Morgan fingerprint density at radius 2 is 2.07 bits per heavy atom. The summed E-state index contributed by atoms with van der Waals surface area (Å²) < 4.78 is 9.70. The highest BCUT2D eigenvalue weighted by Crippen LogP contribution is 2.53. The summed E-state index contributed by atoms with van der Waals surface area (Å²) in [5.41, 5.74) is -0.184. The van der Waals surface area contributed by atoms with Crippen molar-refractivity contribution in [3.8, 4) is 0 Å². The minimum atomic E-state index is -1.28. The van der Waals surface area contributed by atoms with Crippen LogP contribution in [0, 0.1) is 5.92 Å². The monoisotopic (exact) mass is 420 g/mol. The van der Waals surface area contributed by atoms with Crippen molar-refractivity contribution in [2.75, 3.05) is 19.5 Å². The Labute approximate surface area is 163 Å². The van der Waals surface area contributed by atoms with Gasteiger partial charge in [0.1, 0.15) is 11.4 Å². The SMILES string of the molecule is CCOC(=O)N[C@H](CSC1=C(C(=O)O)N2C(=O)[C@H](C(C)O)[C@@H]2S1)C(=O)OC. The van der Waals surface area contributed by atoms with E-state index in [1.54, 1.807) is 6.92 Å². The number of rotatable bonds is 8. The number of carboxylic acid groups (broad SMARTS) is 1. The number of aliphatic hydroxyl groups excluding tert-OH is 1. The number of carbonyl (C=O) groups is 4. The van der Waals surface area contributed by atoms with Crippen LogP contribution in [0.25, 0.3) is 0 Å². The zero-order chi connectivity index (χ0) is 20.3. The number of carboxylic acids is 1. The molecule has 3 N–H and O–H groups in total. The maximum absolute atomic E-state index is 12.2. The highest BCUT2D eigenvalue weighted by molar-refractivity contribution is 8.22. The summed E-state index contributed by atoms with van der Waals surface area (Å²) >= 11 is 2.15. The third kappa shape index (κ3) is 4.33. The van der Waals surface area contributed by atoms with Gasteiger partial charge < -0.3 is 25.0 Å². The van der Waals surface area contributed by atoms with Gasteiger partial charge in [-0.2, -0.15) is 0 Å². The van der Waals surface area contributed by atoms with Crippen LogP contribution < -0.4 is 5.32 Å². The van der Waals surface area contributed by atoms with Gasteiger partial charge >= 0.3 is 18.0 Å². The van der Waals surface area contributed by atoms with Crippen LogP contribution in [0.3, 0.4) is 0 Å². The molecule has 0 aromatic carbocycles.